The summed E-state index contributed by atoms with van der Waals surface area (Å²) in [5.41, 5.74) is 15.6. The fraction of sp³-hybridized carbons (Fsp3) is 0.444. The van der Waals surface area contributed by atoms with E-state index >= 15 is 0 Å². The van der Waals surface area contributed by atoms with E-state index in [1.165, 1.54) is 18.4 Å². The van der Waals surface area contributed by atoms with Gasteiger partial charge in [-0.3, -0.25) is 4.90 Å². The predicted octanol–water partition coefficient (Wildman–Crippen LogP) is 3.32. The zero-order valence-electron chi connectivity index (χ0n) is 20.2. The molecule has 7 N–H and O–H groups in total. The predicted molar refractivity (Wildman–Crippen MR) is 146 cm³/mol. The van der Waals surface area contributed by atoms with Gasteiger partial charge in [0.05, 0.1) is 22.4 Å². The minimum atomic E-state index is -1.01. The Morgan fingerprint density at radius 2 is 2.00 bits per heavy atom. The molecule has 1 saturated carbocycles. The smallest absolute Gasteiger partial charge is 0.191 e. The number of nitrogens with zero attached hydrogens (tertiary/aromatic N) is 2. The summed E-state index contributed by atoms with van der Waals surface area (Å²) >= 11 is 0. The van der Waals surface area contributed by atoms with Crippen molar-refractivity contribution in [1.82, 2.24) is 9.88 Å². The van der Waals surface area contributed by atoms with Crippen LogP contribution in [0.5, 0.6) is 11.5 Å². The van der Waals surface area contributed by atoms with Crippen molar-refractivity contribution in [3.8, 4) is 11.5 Å². The van der Waals surface area contributed by atoms with Crippen LogP contribution >= 0.6 is 24.8 Å². The van der Waals surface area contributed by atoms with E-state index in [2.05, 4.69) is 14.9 Å². The van der Waals surface area contributed by atoms with Crippen LogP contribution in [0.25, 0.3) is 10.9 Å². The molecule has 1 aromatic heterocycles. The highest BCUT2D eigenvalue weighted by Crippen LogP contribution is 2.69. The highest BCUT2D eigenvalue weighted by atomic mass is 35.5. The lowest BCUT2D eigenvalue weighted by Crippen LogP contribution is -2.74. The van der Waals surface area contributed by atoms with Crippen LogP contribution in [0.1, 0.15) is 47.8 Å². The minimum absolute atomic E-state index is 0. The number of aliphatic imine (C=N–C) groups is 1. The zero-order valence-corrected chi connectivity index (χ0v) is 21.9. The first-order valence-corrected chi connectivity index (χ1v) is 12.6. The Labute approximate surface area is 226 Å². The Morgan fingerprint density at radius 1 is 1.19 bits per heavy atom. The van der Waals surface area contributed by atoms with E-state index in [9.17, 15) is 10.2 Å². The van der Waals surface area contributed by atoms with E-state index in [1.807, 2.05) is 24.3 Å². The third kappa shape index (κ3) is 3.01. The maximum atomic E-state index is 12.9. The summed E-state index contributed by atoms with van der Waals surface area (Å²) in [6.45, 7) is 1.98. The molecule has 8 nitrogen and oxygen atoms in total. The van der Waals surface area contributed by atoms with Crippen molar-refractivity contribution in [3.63, 3.8) is 0 Å². The zero-order chi connectivity index (χ0) is 23.7. The number of nitrogens with two attached hydrogens (primary N) is 2. The number of ether oxygens (including phenoxy) is 1. The number of aromatic nitrogens is 1. The molecule has 4 unspecified atom stereocenters. The van der Waals surface area contributed by atoms with Crippen LogP contribution in [0, 0.1) is 5.92 Å². The number of phenolic OH excluding ortho intramolecular Hbond substituents is 1. The van der Waals surface area contributed by atoms with Gasteiger partial charge in [0.1, 0.15) is 0 Å². The molecule has 10 heteroatoms. The number of likely N-dealkylation sites (tertiary alicyclic amines) is 1. The number of piperidine rings is 1. The van der Waals surface area contributed by atoms with Crippen LogP contribution in [0.3, 0.4) is 0 Å². The number of benzene rings is 2. The number of nitrogens with one attached hydrogen (secondary N) is 1. The Bertz CT molecular complexity index is 1470. The summed E-state index contributed by atoms with van der Waals surface area (Å²) in [4.78, 5) is 10.4. The van der Waals surface area contributed by atoms with Crippen LogP contribution in [0.2, 0.25) is 0 Å². The largest absolute Gasteiger partial charge is 0.504 e. The molecule has 8 rings (SSSR count). The van der Waals surface area contributed by atoms with Crippen molar-refractivity contribution in [1.29, 1.82) is 0 Å². The maximum absolute atomic E-state index is 12.9. The normalized spacial score (nSPS) is 30.4. The van der Waals surface area contributed by atoms with Gasteiger partial charge in [-0.1, -0.05) is 6.07 Å². The Balaban J connectivity index is 0.00000126. The number of H-pyrrole nitrogens is 1. The first-order chi connectivity index (χ1) is 16.9. The molecule has 0 radical (unpaired) electrons. The molecule has 0 amide bonds. The van der Waals surface area contributed by atoms with Gasteiger partial charge in [0.15, 0.2) is 23.6 Å². The number of fused-ring (bicyclic) bond motifs is 4. The second-order valence-electron chi connectivity index (χ2n) is 11.2. The van der Waals surface area contributed by atoms with E-state index in [4.69, 9.17) is 16.2 Å². The molecule has 37 heavy (non-hydrogen) atoms. The van der Waals surface area contributed by atoms with Crippen molar-refractivity contribution < 1.29 is 14.9 Å². The van der Waals surface area contributed by atoms with Gasteiger partial charge in [-0.05, 0) is 73.5 Å². The summed E-state index contributed by atoms with van der Waals surface area (Å²) in [6.07, 6.45) is 4.27. The van der Waals surface area contributed by atoms with Crippen molar-refractivity contribution >= 4 is 47.4 Å². The molecular weight excluding hydrogens is 513 g/mol. The SMILES string of the molecule is Cl.Cl.NC(N)=Nc1ccc2[nH]c3c(c2c1)CC1(O)C2Cc4ccc(O)c5c4C1(CCN2CC1CC1)C3O5. The monoisotopic (exact) mass is 543 g/mol. The topological polar surface area (TPSA) is 133 Å². The summed E-state index contributed by atoms with van der Waals surface area (Å²) in [5.74, 6) is 1.46. The van der Waals surface area contributed by atoms with Crippen LogP contribution < -0.4 is 16.2 Å². The third-order valence-electron chi connectivity index (χ3n) is 9.40. The third-order valence-corrected chi connectivity index (χ3v) is 9.40. The number of aromatic hydroxyl groups is 1. The molecule has 4 atom stereocenters. The fourth-order valence-electron chi connectivity index (χ4n) is 7.83. The summed E-state index contributed by atoms with van der Waals surface area (Å²) in [6, 6.07) is 9.64. The number of phenols is 1. The van der Waals surface area contributed by atoms with Gasteiger partial charge in [-0.25, -0.2) is 4.99 Å². The van der Waals surface area contributed by atoms with Crippen LogP contribution in [-0.4, -0.2) is 50.8 Å². The molecule has 1 saturated heterocycles. The lowest BCUT2D eigenvalue weighted by atomic mass is 9.49. The van der Waals surface area contributed by atoms with Crippen molar-refractivity contribution in [2.45, 2.75) is 55.3 Å². The Morgan fingerprint density at radius 3 is 2.76 bits per heavy atom. The highest BCUT2D eigenvalue weighted by Gasteiger charge is 2.72. The summed E-state index contributed by atoms with van der Waals surface area (Å²) in [7, 11) is 0. The molecule has 5 aliphatic rings. The van der Waals surface area contributed by atoms with Crippen molar-refractivity contribution in [3.05, 3.63) is 52.7 Å². The number of guanidine groups is 1. The number of hydrogen-bond donors (Lipinski definition) is 5. The van der Waals surface area contributed by atoms with E-state index in [1.54, 1.807) is 6.07 Å². The van der Waals surface area contributed by atoms with Gasteiger partial charge in [-0.15, -0.1) is 24.8 Å². The number of aromatic amines is 1. The van der Waals surface area contributed by atoms with Crippen molar-refractivity contribution in [2.75, 3.05) is 13.1 Å². The summed E-state index contributed by atoms with van der Waals surface area (Å²) in [5, 5.41) is 24.7. The second kappa shape index (κ2) is 7.93. The molecule has 3 aliphatic carbocycles. The van der Waals surface area contributed by atoms with E-state index in [0.717, 1.165) is 59.6 Å². The fourth-order valence-corrected chi connectivity index (χ4v) is 7.83. The van der Waals surface area contributed by atoms with Gasteiger partial charge >= 0.3 is 0 Å². The Hall–Kier alpha value is -2.65. The molecule has 3 heterocycles. The van der Waals surface area contributed by atoms with Gasteiger partial charge in [0.2, 0.25) is 0 Å². The number of halogens is 2. The summed E-state index contributed by atoms with van der Waals surface area (Å²) < 4.78 is 6.63. The molecule has 2 aromatic carbocycles. The standard InChI is InChI=1S/C27H29N5O3.2ClH/c28-25(29)30-15-4-5-18-16(10-15)17-11-27(34)20-9-14-3-6-19(33)23-21(14)26(27,24(35-23)22(17)31-18)7-8-32(20)12-13-1-2-13;;/h3-6,10,13,20,24,31,33-34H,1-2,7-9,11-12H2,(H4,28,29,30);2*1H. The quantitative estimate of drug-likeness (QED) is 0.254. The molecular formula is C27H31Cl2N5O3. The van der Waals surface area contributed by atoms with Crippen molar-refractivity contribution in [2.24, 2.45) is 22.4 Å². The molecule has 1 spiro atoms. The molecule has 2 aliphatic heterocycles. The maximum Gasteiger partial charge on any atom is 0.191 e. The highest BCUT2D eigenvalue weighted by molar-refractivity contribution is 5.90. The molecule has 2 fully saturated rings. The average molecular weight is 544 g/mol. The molecule has 2 bridgehead atoms. The van der Waals surface area contributed by atoms with Crippen LogP contribution in [0.15, 0.2) is 35.3 Å². The van der Waals surface area contributed by atoms with Gasteiger partial charge in [-0.2, -0.15) is 0 Å². The minimum Gasteiger partial charge on any atom is -0.504 e. The Kier molecular flexibility index (Phi) is 5.29. The number of aliphatic hydroxyl groups is 1. The van der Waals surface area contributed by atoms with Crippen LogP contribution in [0.4, 0.5) is 5.69 Å². The molecule has 3 aromatic rings. The average Bonchev–Trinajstić information content (AvgIpc) is 3.46. The van der Waals surface area contributed by atoms with E-state index in [-0.39, 0.29) is 48.7 Å². The lowest BCUT2D eigenvalue weighted by Gasteiger charge is -2.62. The lowest BCUT2D eigenvalue weighted by molar-refractivity contribution is -0.173. The number of hydrogen-bond acceptors (Lipinski definition) is 5. The van der Waals surface area contributed by atoms with Gasteiger partial charge in [0, 0.05) is 35.5 Å². The first-order valence-electron chi connectivity index (χ1n) is 12.6. The number of rotatable bonds is 3. The van der Waals surface area contributed by atoms with E-state index < -0.39 is 11.0 Å². The van der Waals surface area contributed by atoms with Gasteiger partial charge in [0.25, 0.3) is 0 Å². The van der Waals surface area contributed by atoms with E-state index in [0.29, 0.717) is 17.9 Å². The van der Waals surface area contributed by atoms with Gasteiger partial charge < -0.3 is 31.4 Å². The second-order valence-corrected chi connectivity index (χ2v) is 11.2. The first kappa shape index (κ1) is 24.7. The van der Waals surface area contributed by atoms with Crippen LogP contribution in [-0.2, 0) is 18.3 Å². The molecule has 196 valence electrons.